The van der Waals surface area contributed by atoms with E-state index in [4.69, 9.17) is 9.47 Å². The topological polar surface area (TPSA) is 38.8 Å². The molecule has 0 bridgehead atoms. The highest BCUT2D eigenvalue weighted by atomic mass is 16.7. The van der Waals surface area contributed by atoms with Crippen LogP contribution in [-0.4, -0.2) is 32.5 Å². The molecule has 0 spiro atoms. The molecule has 0 aromatic heterocycles. The standard InChI is InChI=1S/C15H23NO3/c1-4-10-18-15(17)19-11-9-16(5-2)14-8-6-7-13(3)12-14/h6-8,12H,4-5,9-11H2,1-3H3. The van der Waals surface area contributed by atoms with Gasteiger partial charge in [0.05, 0.1) is 13.2 Å². The highest BCUT2D eigenvalue weighted by Crippen LogP contribution is 2.15. The molecule has 0 aliphatic carbocycles. The number of aryl methyl sites for hydroxylation is 1. The molecule has 0 aliphatic heterocycles. The molecule has 19 heavy (non-hydrogen) atoms. The zero-order chi connectivity index (χ0) is 14.1. The van der Waals surface area contributed by atoms with Crippen LogP contribution in [0.5, 0.6) is 0 Å². The Labute approximate surface area is 115 Å². The van der Waals surface area contributed by atoms with Gasteiger partial charge >= 0.3 is 6.16 Å². The monoisotopic (exact) mass is 265 g/mol. The summed E-state index contributed by atoms with van der Waals surface area (Å²) in [5.41, 5.74) is 2.37. The number of likely N-dealkylation sites (N-methyl/N-ethyl adjacent to an activating group) is 1. The van der Waals surface area contributed by atoms with Crippen molar-refractivity contribution in [3.8, 4) is 0 Å². The van der Waals surface area contributed by atoms with Crippen molar-refractivity contribution in [1.82, 2.24) is 0 Å². The van der Waals surface area contributed by atoms with Crippen LogP contribution in [0.4, 0.5) is 10.5 Å². The first-order chi connectivity index (χ1) is 9.17. The molecule has 0 atom stereocenters. The molecule has 0 saturated heterocycles. The van der Waals surface area contributed by atoms with Crippen molar-refractivity contribution in [3.63, 3.8) is 0 Å². The molecular formula is C15H23NO3. The van der Waals surface area contributed by atoms with Gasteiger partial charge in [-0.15, -0.1) is 0 Å². The second-order valence-electron chi connectivity index (χ2n) is 4.37. The second-order valence-corrected chi connectivity index (χ2v) is 4.37. The van der Waals surface area contributed by atoms with Crippen molar-refractivity contribution in [2.45, 2.75) is 27.2 Å². The van der Waals surface area contributed by atoms with Crippen molar-refractivity contribution in [3.05, 3.63) is 29.8 Å². The summed E-state index contributed by atoms with van der Waals surface area (Å²) in [4.78, 5) is 13.4. The number of carbonyl (C=O) groups is 1. The lowest BCUT2D eigenvalue weighted by atomic mass is 10.2. The van der Waals surface area contributed by atoms with Crippen LogP contribution in [0.15, 0.2) is 24.3 Å². The number of hydrogen-bond donors (Lipinski definition) is 0. The Morgan fingerprint density at radius 1 is 1.21 bits per heavy atom. The Morgan fingerprint density at radius 3 is 2.58 bits per heavy atom. The number of carbonyl (C=O) groups excluding carboxylic acids is 1. The minimum absolute atomic E-state index is 0.338. The van der Waals surface area contributed by atoms with Gasteiger partial charge in [0.1, 0.15) is 6.61 Å². The van der Waals surface area contributed by atoms with Crippen molar-refractivity contribution in [2.75, 3.05) is 31.2 Å². The molecule has 0 saturated carbocycles. The number of rotatable bonds is 7. The van der Waals surface area contributed by atoms with Gasteiger partial charge in [-0.1, -0.05) is 19.1 Å². The fraction of sp³-hybridized carbons (Fsp3) is 0.533. The highest BCUT2D eigenvalue weighted by molar-refractivity contribution is 5.59. The third kappa shape index (κ3) is 5.64. The zero-order valence-corrected chi connectivity index (χ0v) is 12.0. The summed E-state index contributed by atoms with van der Waals surface area (Å²) < 4.78 is 9.88. The van der Waals surface area contributed by atoms with Crippen LogP contribution in [0.1, 0.15) is 25.8 Å². The van der Waals surface area contributed by atoms with Crippen molar-refractivity contribution in [2.24, 2.45) is 0 Å². The van der Waals surface area contributed by atoms with Crippen LogP contribution >= 0.6 is 0 Å². The van der Waals surface area contributed by atoms with Gasteiger partial charge in [0.25, 0.3) is 0 Å². The predicted molar refractivity (Wildman–Crippen MR) is 76.7 cm³/mol. The zero-order valence-electron chi connectivity index (χ0n) is 12.0. The summed E-state index contributed by atoms with van der Waals surface area (Å²) in [6.45, 7) is 8.38. The summed E-state index contributed by atoms with van der Waals surface area (Å²) in [7, 11) is 0. The number of ether oxygens (including phenoxy) is 2. The van der Waals surface area contributed by atoms with E-state index in [0.29, 0.717) is 19.8 Å². The lowest BCUT2D eigenvalue weighted by Gasteiger charge is -2.23. The van der Waals surface area contributed by atoms with E-state index in [1.54, 1.807) is 0 Å². The van der Waals surface area contributed by atoms with Gasteiger partial charge in [-0.25, -0.2) is 4.79 Å². The van der Waals surface area contributed by atoms with Gasteiger partial charge in [0, 0.05) is 12.2 Å². The van der Waals surface area contributed by atoms with Crippen molar-refractivity contribution < 1.29 is 14.3 Å². The van der Waals surface area contributed by atoms with Crippen LogP contribution in [0.2, 0.25) is 0 Å². The summed E-state index contributed by atoms with van der Waals surface area (Å²) in [6.07, 6.45) is 0.224. The van der Waals surface area contributed by atoms with E-state index in [1.807, 2.05) is 13.0 Å². The lowest BCUT2D eigenvalue weighted by molar-refractivity contribution is 0.0572. The molecular weight excluding hydrogens is 242 g/mol. The molecule has 0 unspecified atom stereocenters. The van der Waals surface area contributed by atoms with Gasteiger partial charge in [-0.05, 0) is 38.0 Å². The third-order valence-corrected chi connectivity index (χ3v) is 2.75. The molecule has 0 radical (unpaired) electrons. The van der Waals surface area contributed by atoms with Crippen molar-refractivity contribution in [1.29, 1.82) is 0 Å². The molecule has 0 aliphatic rings. The molecule has 0 fully saturated rings. The molecule has 0 N–H and O–H groups in total. The first kappa shape index (κ1) is 15.3. The quantitative estimate of drug-likeness (QED) is 0.708. The van der Waals surface area contributed by atoms with E-state index < -0.39 is 6.16 Å². The fourth-order valence-electron chi connectivity index (χ4n) is 1.76. The van der Waals surface area contributed by atoms with Crippen LogP contribution in [0, 0.1) is 6.92 Å². The van der Waals surface area contributed by atoms with E-state index in [1.165, 1.54) is 5.56 Å². The van der Waals surface area contributed by atoms with Crippen molar-refractivity contribution >= 4 is 11.8 Å². The summed E-state index contributed by atoms with van der Waals surface area (Å²) in [5.74, 6) is 0. The minimum Gasteiger partial charge on any atom is -0.434 e. The summed E-state index contributed by atoms with van der Waals surface area (Å²) >= 11 is 0. The van der Waals surface area contributed by atoms with E-state index in [0.717, 1.165) is 18.7 Å². The predicted octanol–water partition coefficient (Wildman–Crippen LogP) is 3.38. The van der Waals surface area contributed by atoms with E-state index >= 15 is 0 Å². The first-order valence-electron chi connectivity index (χ1n) is 6.78. The van der Waals surface area contributed by atoms with E-state index in [-0.39, 0.29) is 0 Å². The van der Waals surface area contributed by atoms with Crippen LogP contribution in [0.3, 0.4) is 0 Å². The van der Waals surface area contributed by atoms with Gasteiger partial charge in [-0.2, -0.15) is 0 Å². The maximum absolute atomic E-state index is 11.2. The maximum atomic E-state index is 11.2. The number of benzene rings is 1. The molecule has 4 heteroatoms. The Balaban J connectivity index is 2.39. The maximum Gasteiger partial charge on any atom is 0.508 e. The highest BCUT2D eigenvalue weighted by Gasteiger charge is 2.07. The Bertz CT molecular complexity index is 393. The molecule has 0 amide bonds. The Morgan fingerprint density at radius 2 is 1.95 bits per heavy atom. The van der Waals surface area contributed by atoms with E-state index in [9.17, 15) is 4.79 Å². The first-order valence-corrected chi connectivity index (χ1v) is 6.78. The normalized spacial score (nSPS) is 10.1. The Kier molecular flexibility index (Phi) is 6.79. The number of anilines is 1. The molecule has 4 nitrogen and oxygen atoms in total. The van der Waals surface area contributed by atoms with Crippen LogP contribution in [-0.2, 0) is 9.47 Å². The van der Waals surface area contributed by atoms with Gasteiger partial charge in [0.15, 0.2) is 0 Å². The fourth-order valence-corrected chi connectivity index (χ4v) is 1.76. The second kappa shape index (κ2) is 8.40. The van der Waals surface area contributed by atoms with Crippen LogP contribution in [0.25, 0.3) is 0 Å². The average Bonchev–Trinajstić information content (AvgIpc) is 2.41. The third-order valence-electron chi connectivity index (χ3n) is 2.75. The largest absolute Gasteiger partial charge is 0.508 e. The summed E-state index contributed by atoms with van der Waals surface area (Å²) in [5, 5.41) is 0. The lowest BCUT2D eigenvalue weighted by Crippen LogP contribution is -2.28. The molecule has 106 valence electrons. The number of nitrogens with zero attached hydrogens (tertiary/aromatic N) is 1. The smallest absolute Gasteiger partial charge is 0.434 e. The van der Waals surface area contributed by atoms with Gasteiger partial charge in [-0.3, -0.25) is 0 Å². The Hall–Kier alpha value is -1.71. The molecule has 0 heterocycles. The van der Waals surface area contributed by atoms with Gasteiger partial charge < -0.3 is 14.4 Å². The van der Waals surface area contributed by atoms with Crippen LogP contribution < -0.4 is 4.90 Å². The van der Waals surface area contributed by atoms with Gasteiger partial charge in [0.2, 0.25) is 0 Å². The molecule has 1 rings (SSSR count). The number of hydrogen-bond acceptors (Lipinski definition) is 4. The molecule has 1 aromatic rings. The summed E-state index contributed by atoms with van der Waals surface area (Å²) in [6, 6.07) is 8.28. The minimum atomic E-state index is -0.581. The molecule has 1 aromatic carbocycles. The SMILES string of the molecule is CCCOC(=O)OCCN(CC)c1cccc(C)c1. The average molecular weight is 265 g/mol. The van der Waals surface area contributed by atoms with E-state index in [2.05, 4.69) is 36.9 Å².